The van der Waals surface area contributed by atoms with Crippen molar-refractivity contribution in [3.63, 3.8) is 0 Å². The molecule has 12 heavy (non-hydrogen) atoms. The van der Waals surface area contributed by atoms with Crippen LogP contribution < -0.4 is 10.5 Å². The van der Waals surface area contributed by atoms with Crippen molar-refractivity contribution in [1.82, 2.24) is 14.5 Å². The highest BCUT2D eigenvalue weighted by Crippen LogP contribution is 1.93. The molecule has 0 atom stereocenters. The van der Waals surface area contributed by atoms with Crippen molar-refractivity contribution < 1.29 is 4.84 Å². The van der Waals surface area contributed by atoms with Gasteiger partial charge in [0.15, 0.2) is 5.82 Å². The Hall–Kier alpha value is -1.26. The highest BCUT2D eigenvalue weighted by atomic mass is 16.7. The summed E-state index contributed by atoms with van der Waals surface area (Å²) in [6, 6.07) is 0. The number of aryl methyl sites for hydroxylation is 2. The summed E-state index contributed by atoms with van der Waals surface area (Å²) in [5, 5.41) is 4.01. The summed E-state index contributed by atoms with van der Waals surface area (Å²) in [6.45, 7) is 2.03. The van der Waals surface area contributed by atoms with Gasteiger partial charge in [-0.1, -0.05) is 6.92 Å². The minimum atomic E-state index is -0.235. The molecule has 0 aliphatic carbocycles. The molecule has 0 saturated carbocycles. The van der Waals surface area contributed by atoms with Gasteiger partial charge in [0.25, 0.3) is 0 Å². The third-order valence-electron chi connectivity index (χ3n) is 1.61. The molecule has 0 saturated heterocycles. The van der Waals surface area contributed by atoms with E-state index < -0.39 is 0 Å². The lowest BCUT2D eigenvalue weighted by atomic mass is 10.3. The number of rotatable bonds is 3. The second kappa shape index (κ2) is 3.42. The van der Waals surface area contributed by atoms with E-state index in [1.54, 1.807) is 7.05 Å². The Morgan fingerprint density at radius 1 is 1.58 bits per heavy atom. The SMILES string of the molecule is CCCc1nn(C)c(=O)n1OC. The van der Waals surface area contributed by atoms with Crippen LogP contribution in [0.5, 0.6) is 0 Å². The topological polar surface area (TPSA) is 49.0 Å². The van der Waals surface area contributed by atoms with E-state index in [-0.39, 0.29) is 5.69 Å². The summed E-state index contributed by atoms with van der Waals surface area (Å²) < 4.78 is 2.48. The second-order valence-corrected chi connectivity index (χ2v) is 2.55. The van der Waals surface area contributed by atoms with Crippen molar-refractivity contribution in [1.29, 1.82) is 0 Å². The molecule has 5 heteroatoms. The van der Waals surface area contributed by atoms with Crippen LogP contribution in [0.25, 0.3) is 0 Å². The van der Waals surface area contributed by atoms with E-state index in [0.717, 1.165) is 12.8 Å². The minimum Gasteiger partial charge on any atom is -0.411 e. The molecule has 0 fully saturated rings. The van der Waals surface area contributed by atoms with Crippen LogP contribution in [0.15, 0.2) is 4.79 Å². The summed E-state index contributed by atoms with van der Waals surface area (Å²) >= 11 is 0. The van der Waals surface area contributed by atoms with Gasteiger partial charge in [0, 0.05) is 13.5 Å². The van der Waals surface area contributed by atoms with Crippen molar-refractivity contribution in [2.75, 3.05) is 7.11 Å². The van der Waals surface area contributed by atoms with Gasteiger partial charge >= 0.3 is 5.69 Å². The monoisotopic (exact) mass is 171 g/mol. The van der Waals surface area contributed by atoms with Gasteiger partial charge in [0.05, 0.1) is 0 Å². The van der Waals surface area contributed by atoms with Crippen LogP contribution in [-0.4, -0.2) is 21.6 Å². The van der Waals surface area contributed by atoms with E-state index in [4.69, 9.17) is 4.84 Å². The molecular formula is C7H13N3O2. The highest BCUT2D eigenvalue weighted by Gasteiger charge is 2.09. The first-order chi connectivity index (χ1) is 5.70. The van der Waals surface area contributed by atoms with Gasteiger partial charge in [-0.05, 0) is 6.42 Å². The molecule has 68 valence electrons. The van der Waals surface area contributed by atoms with E-state index in [9.17, 15) is 4.79 Å². The van der Waals surface area contributed by atoms with Crippen molar-refractivity contribution >= 4 is 0 Å². The molecule has 0 amide bonds. The Kier molecular flexibility index (Phi) is 2.52. The first-order valence-corrected chi connectivity index (χ1v) is 3.90. The lowest BCUT2D eigenvalue weighted by Gasteiger charge is -1.99. The Bertz CT molecular complexity index is 313. The highest BCUT2D eigenvalue weighted by molar-refractivity contribution is 4.84. The molecule has 1 aromatic heterocycles. The van der Waals surface area contributed by atoms with E-state index in [1.165, 1.54) is 16.5 Å². The molecule has 0 spiro atoms. The summed E-state index contributed by atoms with van der Waals surface area (Å²) in [5.74, 6) is 0.674. The number of aromatic nitrogens is 3. The summed E-state index contributed by atoms with van der Waals surface area (Å²) in [4.78, 5) is 16.1. The molecule has 1 heterocycles. The average molecular weight is 171 g/mol. The Morgan fingerprint density at radius 3 is 2.75 bits per heavy atom. The molecule has 0 aromatic carbocycles. The van der Waals surface area contributed by atoms with Crippen molar-refractivity contribution in [3.05, 3.63) is 16.3 Å². The normalized spacial score (nSPS) is 10.2. The Morgan fingerprint density at radius 2 is 2.25 bits per heavy atom. The van der Waals surface area contributed by atoms with Gasteiger partial charge in [-0.15, -0.1) is 4.73 Å². The van der Waals surface area contributed by atoms with Crippen LogP contribution in [0.3, 0.4) is 0 Å². The van der Waals surface area contributed by atoms with Gasteiger partial charge in [-0.25, -0.2) is 9.48 Å². The summed E-state index contributed by atoms with van der Waals surface area (Å²) in [6.07, 6.45) is 1.70. The maximum Gasteiger partial charge on any atom is 0.378 e. The van der Waals surface area contributed by atoms with Gasteiger partial charge in [-0.3, -0.25) is 0 Å². The number of nitrogens with zero attached hydrogens (tertiary/aromatic N) is 3. The van der Waals surface area contributed by atoms with Gasteiger partial charge in [0.2, 0.25) is 0 Å². The van der Waals surface area contributed by atoms with Crippen LogP contribution in [-0.2, 0) is 13.5 Å². The van der Waals surface area contributed by atoms with Crippen molar-refractivity contribution in [3.8, 4) is 0 Å². The van der Waals surface area contributed by atoms with Gasteiger partial charge in [0.1, 0.15) is 7.11 Å². The fourth-order valence-corrected chi connectivity index (χ4v) is 1.06. The van der Waals surface area contributed by atoms with Crippen LogP contribution in [0.2, 0.25) is 0 Å². The molecule has 1 rings (SSSR count). The van der Waals surface area contributed by atoms with Crippen LogP contribution in [0.4, 0.5) is 0 Å². The van der Waals surface area contributed by atoms with E-state index in [1.807, 2.05) is 6.92 Å². The molecule has 0 bridgehead atoms. The molecule has 0 unspecified atom stereocenters. The molecule has 0 aliphatic heterocycles. The van der Waals surface area contributed by atoms with Gasteiger partial charge < -0.3 is 4.84 Å². The lowest BCUT2D eigenvalue weighted by molar-refractivity contribution is 0.147. The molecule has 0 aliphatic rings. The standard InChI is InChI=1S/C7H13N3O2/c1-4-5-6-8-9(2)7(11)10(6)12-3/h4-5H2,1-3H3. The third kappa shape index (κ3) is 1.34. The van der Waals surface area contributed by atoms with Crippen LogP contribution in [0.1, 0.15) is 19.2 Å². The van der Waals surface area contributed by atoms with Crippen molar-refractivity contribution in [2.24, 2.45) is 7.05 Å². The number of hydrogen-bond donors (Lipinski definition) is 0. The first kappa shape index (κ1) is 8.83. The minimum absolute atomic E-state index is 0.235. The maximum atomic E-state index is 11.2. The fourth-order valence-electron chi connectivity index (χ4n) is 1.06. The first-order valence-electron chi connectivity index (χ1n) is 3.90. The fraction of sp³-hybridized carbons (Fsp3) is 0.714. The zero-order valence-corrected chi connectivity index (χ0v) is 7.57. The summed E-state index contributed by atoms with van der Waals surface area (Å²) in [7, 11) is 3.07. The largest absolute Gasteiger partial charge is 0.411 e. The molecular weight excluding hydrogens is 158 g/mol. The summed E-state index contributed by atoms with van der Waals surface area (Å²) in [5.41, 5.74) is -0.235. The molecule has 1 aromatic rings. The van der Waals surface area contributed by atoms with E-state index in [2.05, 4.69) is 5.10 Å². The van der Waals surface area contributed by atoms with E-state index in [0.29, 0.717) is 5.82 Å². The van der Waals surface area contributed by atoms with E-state index >= 15 is 0 Å². The predicted octanol–water partition coefficient (Wildman–Crippen LogP) is -0.407. The Labute approximate surface area is 70.5 Å². The quantitative estimate of drug-likeness (QED) is 0.621. The average Bonchev–Trinajstić information content (AvgIpc) is 2.29. The van der Waals surface area contributed by atoms with Gasteiger partial charge in [-0.2, -0.15) is 5.10 Å². The molecule has 0 radical (unpaired) electrons. The Balaban J connectivity index is 3.11. The molecule has 5 nitrogen and oxygen atoms in total. The van der Waals surface area contributed by atoms with Crippen LogP contribution >= 0.6 is 0 Å². The lowest BCUT2D eigenvalue weighted by Crippen LogP contribution is -2.27. The van der Waals surface area contributed by atoms with Crippen molar-refractivity contribution in [2.45, 2.75) is 19.8 Å². The van der Waals surface area contributed by atoms with Crippen LogP contribution in [0, 0.1) is 0 Å². The smallest absolute Gasteiger partial charge is 0.378 e. The molecule has 0 N–H and O–H groups in total. The second-order valence-electron chi connectivity index (χ2n) is 2.55. The predicted molar refractivity (Wildman–Crippen MR) is 44.0 cm³/mol. The number of hydrogen-bond acceptors (Lipinski definition) is 3. The maximum absolute atomic E-state index is 11.2. The zero-order chi connectivity index (χ0) is 9.14. The third-order valence-corrected chi connectivity index (χ3v) is 1.61. The zero-order valence-electron chi connectivity index (χ0n) is 7.57.